The van der Waals surface area contributed by atoms with Gasteiger partial charge in [-0.15, -0.1) is 20.2 Å². The van der Waals surface area contributed by atoms with Crippen molar-refractivity contribution in [2.45, 2.75) is 43.7 Å². The Morgan fingerprint density at radius 2 is 2.17 bits per heavy atom. The summed E-state index contributed by atoms with van der Waals surface area (Å²) in [6.07, 6.45) is 3.34. The minimum absolute atomic E-state index is 0.0603. The van der Waals surface area contributed by atoms with Crippen LogP contribution in [0.3, 0.4) is 0 Å². The smallest absolute Gasteiger partial charge is 0.360 e. The lowest BCUT2D eigenvalue weighted by molar-refractivity contribution is -0.121. The predicted molar refractivity (Wildman–Crippen MR) is 113 cm³/mol. The standard InChI is InChI=1S/C19H23N3O6S2/c1-3-10-21-17(4-2)29-16-13-18(23)22(19(16)24)14-7-5-8-15(12-14)28-30(25,26)27-11-6-9-20/h5-8,11-12,16-17,21H,3-4,10,13H2,1-2H3/b11-6+/t16?,17-/m0/s1. The van der Waals surface area contributed by atoms with E-state index in [-0.39, 0.29) is 35.0 Å². The minimum Gasteiger partial charge on any atom is -0.360 e. The Balaban J connectivity index is 2.13. The minimum atomic E-state index is -4.45. The molecule has 1 N–H and O–H groups in total. The van der Waals surface area contributed by atoms with E-state index in [1.807, 2.05) is 6.92 Å². The number of rotatable bonds is 11. The number of allylic oxidation sites excluding steroid dienone is 1. The maximum atomic E-state index is 12.8. The van der Waals surface area contributed by atoms with Crippen molar-refractivity contribution in [2.75, 3.05) is 11.4 Å². The van der Waals surface area contributed by atoms with E-state index in [2.05, 4.69) is 16.4 Å². The van der Waals surface area contributed by atoms with Gasteiger partial charge in [-0.3, -0.25) is 9.59 Å². The van der Waals surface area contributed by atoms with E-state index in [4.69, 9.17) is 9.44 Å². The van der Waals surface area contributed by atoms with Gasteiger partial charge >= 0.3 is 10.4 Å². The van der Waals surface area contributed by atoms with E-state index in [0.717, 1.165) is 30.4 Å². The molecule has 30 heavy (non-hydrogen) atoms. The highest BCUT2D eigenvalue weighted by molar-refractivity contribution is 8.01. The number of thioether (sulfide) groups is 1. The van der Waals surface area contributed by atoms with Gasteiger partial charge in [-0.05, 0) is 31.5 Å². The normalized spacial score (nSPS) is 17.9. The number of nitriles is 1. The summed E-state index contributed by atoms with van der Waals surface area (Å²) in [5, 5.41) is 11.3. The highest BCUT2D eigenvalue weighted by Gasteiger charge is 2.41. The molecule has 1 aliphatic heterocycles. The van der Waals surface area contributed by atoms with Crippen molar-refractivity contribution in [3.05, 3.63) is 36.6 Å². The molecule has 0 spiro atoms. The Bertz CT molecular complexity index is 942. The molecule has 0 saturated carbocycles. The summed E-state index contributed by atoms with van der Waals surface area (Å²) in [5.74, 6) is -0.850. The van der Waals surface area contributed by atoms with Crippen LogP contribution in [0.2, 0.25) is 0 Å². The van der Waals surface area contributed by atoms with E-state index in [9.17, 15) is 18.0 Å². The molecule has 1 heterocycles. The fourth-order valence-corrected chi connectivity index (χ4v) is 4.55. The zero-order valence-corrected chi connectivity index (χ0v) is 18.2. The van der Waals surface area contributed by atoms with Crippen LogP contribution >= 0.6 is 11.8 Å². The molecule has 2 atom stereocenters. The van der Waals surface area contributed by atoms with Crippen LogP contribution in [0, 0.1) is 11.3 Å². The van der Waals surface area contributed by atoms with E-state index < -0.39 is 15.6 Å². The first-order chi connectivity index (χ1) is 14.3. The molecule has 162 valence electrons. The van der Waals surface area contributed by atoms with Crippen molar-refractivity contribution in [1.29, 1.82) is 5.26 Å². The van der Waals surface area contributed by atoms with Gasteiger partial charge in [0.05, 0.1) is 28.5 Å². The Hall–Kier alpha value is -2.55. The second-order valence-corrected chi connectivity index (χ2v) is 8.85. The van der Waals surface area contributed by atoms with Gasteiger partial charge in [-0.1, -0.05) is 19.9 Å². The molecule has 2 amide bonds. The molecule has 1 aromatic rings. The van der Waals surface area contributed by atoms with E-state index in [1.54, 1.807) is 6.07 Å². The topological polar surface area (TPSA) is 126 Å². The Kier molecular flexibility index (Phi) is 8.71. The Morgan fingerprint density at radius 1 is 1.40 bits per heavy atom. The summed E-state index contributed by atoms with van der Waals surface area (Å²) in [4.78, 5) is 26.4. The fraction of sp³-hybridized carbons (Fsp3) is 0.421. The lowest BCUT2D eigenvalue weighted by Gasteiger charge is -2.20. The van der Waals surface area contributed by atoms with Crippen molar-refractivity contribution < 1.29 is 26.4 Å². The van der Waals surface area contributed by atoms with Crippen molar-refractivity contribution in [3.63, 3.8) is 0 Å². The molecule has 1 fully saturated rings. The van der Waals surface area contributed by atoms with Crippen molar-refractivity contribution in [1.82, 2.24) is 5.32 Å². The second kappa shape index (κ2) is 11.0. The number of hydrogen-bond acceptors (Lipinski definition) is 9. The van der Waals surface area contributed by atoms with Crippen molar-refractivity contribution in [2.24, 2.45) is 0 Å². The summed E-state index contributed by atoms with van der Waals surface area (Å²) >= 11 is 1.42. The SMILES string of the molecule is CCCN[C@H](CC)SC1CC(=O)N(c2cccc(OS(=O)(=O)O/C=C/C#N)c2)C1=O. The van der Waals surface area contributed by atoms with Crippen LogP contribution in [0.1, 0.15) is 33.1 Å². The number of carbonyl (C=O) groups excluding carboxylic acids is 2. The predicted octanol–water partition coefficient (Wildman–Crippen LogP) is 2.46. The van der Waals surface area contributed by atoms with Crippen LogP contribution in [-0.2, 0) is 24.2 Å². The molecule has 11 heteroatoms. The maximum Gasteiger partial charge on any atom is 0.500 e. The van der Waals surface area contributed by atoms with Crippen LogP contribution in [-0.4, -0.2) is 37.4 Å². The average molecular weight is 454 g/mol. The first-order valence-corrected chi connectivity index (χ1v) is 11.6. The van der Waals surface area contributed by atoms with Crippen LogP contribution < -0.4 is 14.4 Å². The van der Waals surface area contributed by atoms with Crippen LogP contribution in [0.5, 0.6) is 5.75 Å². The zero-order chi connectivity index (χ0) is 22.1. The van der Waals surface area contributed by atoms with Crippen LogP contribution in [0.25, 0.3) is 0 Å². The van der Waals surface area contributed by atoms with Crippen molar-refractivity contribution >= 4 is 39.7 Å². The summed E-state index contributed by atoms with van der Waals surface area (Å²) < 4.78 is 32.7. The monoisotopic (exact) mass is 453 g/mol. The first kappa shape index (κ1) is 23.7. The van der Waals surface area contributed by atoms with Crippen LogP contribution in [0.4, 0.5) is 5.69 Å². The molecule has 2 rings (SSSR count). The third-order valence-electron chi connectivity index (χ3n) is 4.02. The summed E-state index contributed by atoms with van der Waals surface area (Å²) in [7, 11) is -4.45. The number of hydrogen-bond donors (Lipinski definition) is 1. The van der Waals surface area contributed by atoms with E-state index in [1.165, 1.54) is 36.0 Å². The Labute approximate surface area is 180 Å². The van der Waals surface area contributed by atoms with Gasteiger partial charge in [0, 0.05) is 12.5 Å². The third-order valence-corrected chi connectivity index (χ3v) is 6.29. The Morgan fingerprint density at radius 3 is 2.83 bits per heavy atom. The number of amides is 2. The number of benzene rings is 1. The number of nitrogens with zero attached hydrogens (tertiary/aromatic N) is 2. The molecular formula is C19H23N3O6S2. The summed E-state index contributed by atoms with van der Waals surface area (Å²) in [5.41, 5.74) is 0.211. The summed E-state index contributed by atoms with van der Waals surface area (Å²) in [6.45, 7) is 4.88. The molecule has 0 aromatic heterocycles. The lowest BCUT2D eigenvalue weighted by atomic mass is 10.3. The highest BCUT2D eigenvalue weighted by Crippen LogP contribution is 2.33. The number of imide groups is 1. The van der Waals surface area contributed by atoms with Crippen molar-refractivity contribution in [3.8, 4) is 11.8 Å². The van der Waals surface area contributed by atoms with E-state index >= 15 is 0 Å². The van der Waals surface area contributed by atoms with Gasteiger partial charge in [0.1, 0.15) is 12.0 Å². The second-order valence-electron chi connectivity index (χ2n) is 6.26. The van der Waals surface area contributed by atoms with E-state index in [0.29, 0.717) is 6.26 Å². The quantitative estimate of drug-likeness (QED) is 0.233. The molecule has 1 saturated heterocycles. The van der Waals surface area contributed by atoms with Gasteiger partial charge in [-0.25, -0.2) is 4.90 Å². The molecule has 1 unspecified atom stereocenters. The highest BCUT2D eigenvalue weighted by atomic mass is 32.3. The van der Waals surface area contributed by atoms with Gasteiger partial charge in [0.25, 0.3) is 0 Å². The largest absolute Gasteiger partial charge is 0.500 e. The molecule has 0 radical (unpaired) electrons. The molecule has 0 bridgehead atoms. The van der Waals surface area contributed by atoms with Gasteiger partial charge < -0.3 is 13.7 Å². The number of nitrogens with one attached hydrogen (secondary N) is 1. The number of carbonyl (C=O) groups is 2. The molecule has 1 aliphatic rings. The van der Waals surface area contributed by atoms with Crippen LogP contribution in [0.15, 0.2) is 36.6 Å². The third kappa shape index (κ3) is 6.48. The lowest BCUT2D eigenvalue weighted by Crippen LogP contribution is -2.33. The van der Waals surface area contributed by atoms with Gasteiger partial charge in [0.2, 0.25) is 11.8 Å². The maximum absolute atomic E-state index is 12.8. The zero-order valence-electron chi connectivity index (χ0n) is 16.6. The fourth-order valence-electron chi connectivity index (χ4n) is 2.71. The molecule has 1 aromatic carbocycles. The molecular weight excluding hydrogens is 430 g/mol. The first-order valence-electron chi connectivity index (χ1n) is 9.34. The number of anilines is 1. The molecule has 0 aliphatic carbocycles. The van der Waals surface area contributed by atoms with Gasteiger partial charge in [-0.2, -0.15) is 5.26 Å². The summed E-state index contributed by atoms with van der Waals surface area (Å²) in [6, 6.07) is 7.17. The average Bonchev–Trinajstić information content (AvgIpc) is 2.98. The molecule has 9 nitrogen and oxygen atoms in total. The van der Waals surface area contributed by atoms with Gasteiger partial charge in [0.15, 0.2) is 0 Å².